The molecule has 1 atom stereocenters. The second kappa shape index (κ2) is 8.48. The van der Waals surface area contributed by atoms with Gasteiger partial charge in [-0.05, 0) is 49.7 Å². The van der Waals surface area contributed by atoms with E-state index in [9.17, 15) is 30.4 Å². The molecule has 0 radical (unpaired) electrons. The van der Waals surface area contributed by atoms with Crippen LogP contribution in [-0.2, 0) is 22.7 Å². The summed E-state index contributed by atoms with van der Waals surface area (Å²) < 4.78 is 91.0. The summed E-state index contributed by atoms with van der Waals surface area (Å²) in [5.74, 6) is -1.36. The van der Waals surface area contributed by atoms with Gasteiger partial charge in [0.15, 0.2) is 0 Å². The summed E-state index contributed by atoms with van der Waals surface area (Å²) in [4.78, 5) is 1.12. The van der Waals surface area contributed by atoms with Gasteiger partial charge >= 0.3 is 6.18 Å². The minimum atomic E-state index is -4.80. The highest BCUT2D eigenvalue weighted by Crippen LogP contribution is 2.37. The number of hydrogen-bond acceptors (Lipinski definition) is 4. The van der Waals surface area contributed by atoms with Crippen molar-refractivity contribution in [3.05, 3.63) is 59.2 Å². The zero-order valence-corrected chi connectivity index (χ0v) is 16.5. The third-order valence-corrected chi connectivity index (χ3v) is 5.84. The summed E-state index contributed by atoms with van der Waals surface area (Å²) in [6.07, 6.45) is -3.64. The van der Waals surface area contributed by atoms with E-state index in [-0.39, 0.29) is 24.3 Å². The van der Waals surface area contributed by atoms with Crippen molar-refractivity contribution in [3.63, 3.8) is 0 Å². The van der Waals surface area contributed by atoms with Gasteiger partial charge in [0.05, 0.1) is 10.5 Å². The van der Waals surface area contributed by atoms with Gasteiger partial charge in [-0.25, -0.2) is 22.3 Å². The van der Waals surface area contributed by atoms with E-state index >= 15 is 0 Å². The number of nitrogens with one attached hydrogen (secondary N) is 1. The van der Waals surface area contributed by atoms with Gasteiger partial charge in [-0.3, -0.25) is 4.90 Å². The minimum absolute atomic E-state index is 0.00678. The molecule has 0 spiro atoms. The zero-order valence-electron chi connectivity index (χ0n) is 15.7. The van der Waals surface area contributed by atoms with Gasteiger partial charge < -0.3 is 5.32 Å². The second-order valence-electron chi connectivity index (χ2n) is 7.17. The number of alkyl halides is 3. The Morgan fingerprint density at radius 3 is 2.40 bits per heavy atom. The Bertz CT molecular complexity index is 1010. The van der Waals surface area contributed by atoms with Crippen LogP contribution in [0.2, 0.25) is 0 Å². The number of benzene rings is 2. The van der Waals surface area contributed by atoms with Crippen LogP contribution < -0.4 is 10.5 Å². The summed E-state index contributed by atoms with van der Waals surface area (Å²) in [7, 11) is -4.29. The molecule has 0 aliphatic carbocycles. The van der Waals surface area contributed by atoms with Crippen LogP contribution in [0, 0.1) is 11.6 Å². The molecule has 1 heterocycles. The number of sulfonamides is 1. The van der Waals surface area contributed by atoms with Crippen LogP contribution >= 0.6 is 0 Å². The van der Waals surface area contributed by atoms with Gasteiger partial charge in [-0.1, -0.05) is 6.07 Å². The number of primary sulfonamides is 1. The van der Waals surface area contributed by atoms with Gasteiger partial charge in [0.2, 0.25) is 10.0 Å². The van der Waals surface area contributed by atoms with E-state index in [1.54, 1.807) is 4.90 Å². The minimum Gasteiger partial charge on any atom is -0.381 e. The summed E-state index contributed by atoms with van der Waals surface area (Å²) >= 11 is 0. The molecule has 2 aromatic rings. The highest BCUT2D eigenvalue weighted by atomic mass is 32.2. The normalized spacial score (nSPS) is 18.4. The first-order chi connectivity index (χ1) is 13.9. The van der Waals surface area contributed by atoms with Crippen molar-refractivity contribution in [3.8, 4) is 0 Å². The Hall–Kier alpha value is -2.24. The summed E-state index contributed by atoms with van der Waals surface area (Å²) in [6.45, 7) is 0.803. The third-order valence-electron chi connectivity index (χ3n) is 4.93. The second-order valence-corrected chi connectivity index (χ2v) is 8.73. The fraction of sp³-hybridized carbons (Fsp3) is 0.368. The lowest BCUT2D eigenvalue weighted by Crippen LogP contribution is -2.42. The molecule has 30 heavy (non-hydrogen) atoms. The molecular formula is C19H20F5N3O2S. The van der Waals surface area contributed by atoms with Crippen LogP contribution in [0.4, 0.5) is 27.6 Å². The largest absolute Gasteiger partial charge is 0.418 e. The van der Waals surface area contributed by atoms with Crippen molar-refractivity contribution in [2.24, 2.45) is 5.14 Å². The summed E-state index contributed by atoms with van der Waals surface area (Å²) in [6, 6.07) is 5.67. The van der Waals surface area contributed by atoms with Crippen LogP contribution in [-0.4, -0.2) is 32.4 Å². The lowest BCUT2D eigenvalue weighted by Gasteiger charge is -2.34. The molecule has 0 saturated carbocycles. The van der Waals surface area contributed by atoms with Crippen molar-refractivity contribution in [2.75, 3.05) is 18.4 Å². The molecule has 1 saturated heterocycles. The van der Waals surface area contributed by atoms with Crippen LogP contribution in [0.15, 0.2) is 41.3 Å². The predicted octanol–water partition coefficient (Wildman–Crippen LogP) is 3.71. The molecule has 0 aromatic heterocycles. The van der Waals surface area contributed by atoms with Crippen molar-refractivity contribution >= 4 is 15.7 Å². The summed E-state index contributed by atoms with van der Waals surface area (Å²) in [5, 5.41) is 7.73. The first-order valence-electron chi connectivity index (χ1n) is 9.11. The standard InChI is InChI=1S/C19H20F5N3O2S/c20-16-4-1-5-17(21)14(16)11-27-8-2-3-12(10-27)26-18-7-6-13(30(25,28)29)9-15(18)19(22,23)24/h1,4-7,9,12,26H,2-3,8,10-11H2,(H2,25,28,29). The number of piperidine rings is 1. The lowest BCUT2D eigenvalue weighted by molar-refractivity contribution is -0.137. The van der Waals surface area contributed by atoms with Crippen molar-refractivity contribution < 1.29 is 30.4 Å². The number of halogens is 5. The average Bonchev–Trinajstić information content (AvgIpc) is 2.64. The van der Waals surface area contributed by atoms with E-state index in [2.05, 4.69) is 5.32 Å². The zero-order chi connectivity index (χ0) is 22.1. The van der Waals surface area contributed by atoms with Crippen molar-refractivity contribution in [1.82, 2.24) is 4.90 Å². The fourth-order valence-electron chi connectivity index (χ4n) is 3.50. The number of anilines is 1. The lowest BCUT2D eigenvalue weighted by atomic mass is 10.0. The number of nitrogens with two attached hydrogens (primary N) is 1. The monoisotopic (exact) mass is 449 g/mol. The Morgan fingerprint density at radius 2 is 1.80 bits per heavy atom. The maximum atomic E-state index is 13.9. The molecular weight excluding hydrogens is 429 g/mol. The molecule has 1 aliphatic heterocycles. The highest BCUT2D eigenvalue weighted by molar-refractivity contribution is 7.89. The number of rotatable bonds is 5. The highest BCUT2D eigenvalue weighted by Gasteiger charge is 2.35. The molecule has 1 fully saturated rings. The van der Waals surface area contributed by atoms with E-state index < -0.39 is 44.3 Å². The molecule has 2 aromatic carbocycles. The predicted molar refractivity (Wildman–Crippen MR) is 101 cm³/mol. The number of likely N-dealkylation sites (tertiary alicyclic amines) is 1. The quantitative estimate of drug-likeness (QED) is 0.683. The molecule has 1 unspecified atom stereocenters. The molecule has 0 bridgehead atoms. The van der Waals surface area contributed by atoms with Crippen LogP contribution in [0.3, 0.4) is 0 Å². The smallest absolute Gasteiger partial charge is 0.381 e. The SMILES string of the molecule is NS(=O)(=O)c1ccc(NC2CCCN(Cc3c(F)cccc3F)C2)c(C(F)(F)F)c1. The van der Waals surface area contributed by atoms with Crippen molar-refractivity contribution in [2.45, 2.75) is 36.5 Å². The van der Waals surface area contributed by atoms with E-state index in [0.29, 0.717) is 25.5 Å². The van der Waals surface area contributed by atoms with Crippen LogP contribution in [0.1, 0.15) is 24.0 Å². The number of nitrogens with zero attached hydrogens (tertiary/aromatic N) is 1. The van der Waals surface area contributed by atoms with Crippen LogP contribution in [0.25, 0.3) is 0 Å². The van der Waals surface area contributed by atoms with Gasteiger partial charge in [-0.2, -0.15) is 13.2 Å². The maximum absolute atomic E-state index is 13.9. The molecule has 11 heteroatoms. The molecule has 0 amide bonds. The molecule has 1 aliphatic rings. The van der Waals surface area contributed by atoms with Gasteiger partial charge in [0, 0.05) is 30.4 Å². The van der Waals surface area contributed by atoms with Crippen molar-refractivity contribution in [1.29, 1.82) is 0 Å². The molecule has 5 nitrogen and oxygen atoms in total. The maximum Gasteiger partial charge on any atom is 0.418 e. The number of hydrogen-bond donors (Lipinski definition) is 2. The van der Waals surface area contributed by atoms with E-state index in [4.69, 9.17) is 5.14 Å². The Labute approximate surface area is 170 Å². The molecule has 3 N–H and O–H groups in total. The molecule has 3 rings (SSSR count). The van der Waals surface area contributed by atoms with Gasteiger partial charge in [0.1, 0.15) is 11.6 Å². The van der Waals surface area contributed by atoms with Gasteiger partial charge in [0.25, 0.3) is 0 Å². The molecule has 164 valence electrons. The topological polar surface area (TPSA) is 75.4 Å². The first-order valence-corrected chi connectivity index (χ1v) is 10.7. The van der Waals surface area contributed by atoms with E-state index in [0.717, 1.165) is 24.3 Å². The Kier molecular flexibility index (Phi) is 6.34. The fourth-order valence-corrected chi connectivity index (χ4v) is 4.04. The van der Waals surface area contributed by atoms with Gasteiger partial charge in [-0.15, -0.1) is 0 Å². The van der Waals surface area contributed by atoms with Crippen LogP contribution in [0.5, 0.6) is 0 Å². The summed E-state index contributed by atoms with van der Waals surface area (Å²) in [5.41, 5.74) is -1.52. The Morgan fingerprint density at radius 1 is 1.13 bits per heavy atom. The Balaban J connectivity index is 1.79. The third kappa shape index (κ3) is 5.27. The van der Waals surface area contributed by atoms with E-state index in [1.165, 1.54) is 6.07 Å². The van der Waals surface area contributed by atoms with E-state index in [1.807, 2.05) is 0 Å². The first kappa shape index (κ1) is 22.4. The average molecular weight is 449 g/mol.